The van der Waals surface area contributed by atoms with Crippen molar-refractivity contribution in [2.45, 2.75) is 6.54 Å². The summed E-state index contributed by atoms with van der Waals surface area (Å²) in [4.78, 5) is 13.3. The highest BCUT2D eigenvalue weighted by Gasteiger charge is 2.21. The minimum Gasteiger partial charge on any atom is -0.432 e. The Labute approximate surface area is 118 Å². The SMILES string of the molecule is CNCc1coc(N2CCN(c3ccccn3)CC2)n1. The molecule has 0 unspecified atom stereocenters. The van der Waals surface area contributed by atoms with Crippen LogP contribution in [0.15, 0.2) is 35.1 Å². The Hall–Kier alpha value is -2.08. The first-order valence-electron chi connectivity index (χ1n) is 6.87. The summed E-state index contributed by atoms with van der Waals surface area (Å²) in [6.07, 6.45) is 3.55. The van der Waals surface area contributed by atoms with Crippen LogP contribution in [0.1, 0.15) is 5.69 Å². The fraction of sp³-hybridized carbons (Fsp3) is 0.429. The van der Waals surface area contributed by atoms with Gasteiger partial charge in [0.25, 0.3) is 6.01 Å². The number of nitrogens with one attached hydrogen (secondary N) is 1. The highest BCUT2D eigenvalue weighted by molar-refractivity contribution is 5.41. The summed E-state index contributed by atoms with van der Waals surface area (Å²) in [5.41, 5.74) is 0.939. The van der Waals surface area contributed by atoms with Gasteiger partial charge in [0.15, 0.2) is 0 Å². The number of hydrogen-bond acceptors (Lipinski definition) is 6. The van der Waals surface area contributed by atoms with Crippen LogP contribution in [0.5, 0.6) is 0 Å². The van der Waals surface area contributed by atoms with E-state index >= 15 is 0 Å². The van der Waals surface area contributed by atoms with E-state index in [0.29, 0.717) is 0 Å². The average molecular weight is 273 g/mol. The lowest BCUT2D eigenvalue weighted by Crippen LogP contribution is -2.47. The van der Waals surface area contributed by atoms with Crippen molar-refractivity contribution in [1.82, 2.24) is 15.3 Å². The van der Waals surface area contributed by atoms with Gasteiger partial charge in [-0.1, -0.05) is 6.07 Å². The smallest absolute Gasteiger partial charge is 0.297 e. The number of hydrogen-bond donors (Lipinski definition) is 1. The highest BCUT2D eigenvalue weighted by Crippen LogP contribution is 2.18. The van der Waals surface area contributed by atoms with Crippen molar-refractivity contribution in [3.8, 4) is 0 Å². The highest BCUT2D eigenvalue weighted by atomic mass is 16.4. The van der Waals surface area contributed by atoms with E-state index in [1.807, 2.05) is 31.4 Å². The molecule has 0 bridgehead atoms. The predicted octanol–water partition coefficient (Wildman–Crippen LogP) is 1.12. The number of rotatable bonds is 4. The maximum absolute atomic E-state index is 5.54. The molecule has 0 saturated carbocycles. The van der Waals surface area contributed by atoms with Gasteiger partial charge in [-0.05, 0) is 19.2 Å². The standard InChI is InChI=1S/C14H19N5O/c1-15-10-12-11-20-14(17-12)19-8-6-18(7-9-19)13-4-2-3-5-16-13/h2-5,11,15H,6-10H2,1H3. The lowest BCUT2D eigenvalue weighted by atomic mass is 10.3. The molecule has 0 spiro atoms. The second-order valence-corrected chi connectivity index (χ2v) is 4.81. The molecule has 20 heavy (non-hydrogen) atoms. The van der Waals surface area contributed by atoms with E-state index in [9.17, 15) is 0 Å². The normalized spacial score (nSPS) is 15.7. The van der Waals surface area contributed by atoms with Crippen LogP contribution >= 0.6 is 0 Å². The molecule has 2 aromatic rings. The van der Waals surface area contributed by atoms with Crippen molar-refractivity contribution in [3.63, 3.8) is 0 Å². The summed E-state index contributed by atoms with van der Waals surface area (Å²) in [7, 11) is 1.90. The molecule has 0 aliphatic carbocycles. The van der Waals surface area contributed by atoms with Crippen molar-refractivity contribution in [2.24, 2.45) is 0 Å². The van der Waals surface area contributed by atoms with Crippen LogP contribution in [0.3, 0.4) is 0 Å². The second-order valence-electron chi connectivity index (χ2n) is 4.81. The number of nitrogens with zero attached hydrogens (tertiary/aromatic N) is 4. The van der Waals surface area contributed by atoms with Gasteiger partial charge >= 0.3 is 0 Å². The summed E-state index contributed by atoms with van der Waals surface area (Å²) in [5.74, 6) is 1.04. The van der Waals surface area contributed by atoms with Gasteiger partial charge in [0.05, 0.1) is 5.69 Å². The Morgan fingerprint density at radius 2 is 2.00 bits per heavy atom. The summed E-state index contributed by atoms with van der Waals surface area (Å²) in [5, 5.41) is 3.07. The first-order valence-corrected chi connectivity index (χ1v) is 6.87. The third-order valence-electron chi connectivity index (χ3n) is 3.42. The Bertz CT molecular complexity index is 534. The molecule has 106 valence electrons. The fourth-order valence-corrected chi connectivity index (χ4v) is 2.37. The molecule has 3 heterocycles. The van der Waals surface area contributed by atoms with Gasteiger partial charge in [-0.15, -0.1) is 0 Å². The van der Waals surface area contributed by atoms with Gasteiger partial charge in [-0.3, -0.25) is 0 Å². The first-order chi connectivity index (χ1) is 9.86. The monoisotopic (exact) mass is 273 g/mol. The summed E-state index contributed by atoms with van der Waals surface area (Å²) < 4.78 is 5.54. The van der Waals surface area contributed by atoms with Crippen LogP contribution in [0.4, 0.5) is 11.8 Å². The summed E-state index contributed by atoms with van der Waals surface area (Å²) in [6, 6.07) is 6.73. The Morgan fingerprint density at radius 1 is 1.20 bits per heavy atom. The number of anilines is 2. The number of aromatic nitrogens is 2. The molecule has 2 aromatic heterocycles. The van der Waals surface area contributed by atoms with Crippen LogP contribution < -0.4 is 15.1 Å². The number of pyridine rings is 1. The van der Waals surface area contributed by atoms with E-state index in [4.69, 9.17) is 4.42 Å². The number of oxazole rings is 1. The predicted molar refractivity (Wildman–Crippen MR) is 77.9 cm³/mol. The summed E-state index contributed by atoms with van der Waals surface area (Å²) >= 11 is 0. The molecule has 1 N–H and O–H groups in total. The van der Waals surface area contributed by atoms with E-state index in [-0.39, 0.29) is 0 Å². The molecule has 6 heteroatoms. The molecule has 0 atom stereocenters. The Balaban J connectivity index is 1.60. The largest absolute Gasteiger partial charge is 0.432 e. The maximum Gasteiger partial charge on any atom is 0.297 e. The Morgan fingerprint density at radius 3 is 2.70 bits per heavy atom. The van der Waals surface area contributed by atoms with Crippen LogP contribution in [-0.4, -0.2) is 43.2 Å². The van der Waals surface area contributed by atoms with Gasteiger partial charge in [-0.2, -0.15) is 4.98 Å². The number of piperazine rings is 1. The zero-order valence-corrected chi connectivity index (χ0v) is 11.6. The molecule has 1 aliphatic heterocycles. The molecule has 3 rings (SSSR count). The van der Waals surface area contributed by atoms with Crippen LogP contribution in [0.25, 0.3) is 0 Å². The fourth-order valence-electron chi connectivity index (χ4n) is 2.37. The van der Waals surface area contributed by atoms with Gasteiger partial charge in [-0.25, -0.2) is 4.98 Å². The van der Waals surface area contributed by atoms with Crippen molar-refractivity contribution in [3.05, 3.63) is 36.4 Å². The van der Waals surface area contributed by atoms with Crippen molar-refractivity contribution >= 4 is 11.8 Å². The molecular formula is C14H19N5O. The molecular weight excluding hydrogens is 254 g/mol. The van der Waals surface area contributed by atoms with Gasteiger partial charge in [0.1, 0.15) is 12.1 Å². The average Bonchev–Trinajstić information content (AvgIpc) is 2.97. The zero-order chi connectivity index (χ0) is 13.8. The lowest BCUT2D eigenvalue weighted by molar-refractivity contribution is 0.515. The second kappa shape index (κ2) is 5.92. The van der Waals surface area contributed by atoms with Crippen LogP contribution in [0, 0.1) is 0 Å². The lowest BCUT2D eigenvalue weighted by Gasteiger charge is -2.34. The first kappa shape index (κ1) is 12.9. The van der Waals surface area contributed by atoms with Crippen LogP contribution in [-0.2, 0) is 6.54 Å². The van der Waals surface area contributed by atoms with E-state index in [0.717, 1.165) is 50.3 Å². The van der Waals surface area contributed by atoms with Gasteiger partial charge in [0, 0.05) is 38.9 Å². The summed E-state index contributed by atoms with van der Waals surface area (Å²) in [6.45, 7) is 4.39. The molecule has 1 saturated heterocycles. The molecule has 1 aliphatic rings. The van der Waals surface area contributed by atoms with Crippen molar-refractivity contribution < 1.29 is 4.42 Å². The molecule has 0 radical (unpaired) electrons. The van der Waals surface area contributed by atoms with Crippen molar-refractivity contribution in [1.29, 1.82) is 0 Å². The molecule has 1 fully saturated rings. The third kappa shape index (κ3) is 2.75. The molecule has 0 amide bonds. The van der Waals surface area contributed by atoms with Crippen molar-refractivity contribution in [2.75, 3.05) is 43.0 Å². The zero-order valence-electron chi connectivity index (χ0n) is 11.6. The van der Waals surface area contributed by atoms with E-state index in [2.05, 4.69) is 25.1 Å². The van der Waals surface area contributed by atoms with Gasteiger partial charge in [0.2, 0.25) is 0 Å². The Kier molecular flexibility index (Phi) is 3.83. The maximum atomic E-state index is 5.54. The third-order valence-corrected chi connectivity index (χ3v) is 3.42. The van der Waals surface area contributed by atoms with Crippen LogP contribution in [0.2, 0.25) is 0 Å². The quantitative estimate of drug-likeness (QED) is 0.901. The molecule has 6 nitrogen and oxygen atoms in total. The van der Waals surface area contributed by atoms with E-state index < -0.39 is 0 Å². The molecule has 0 aromatic carbocycles. The minimum atomic E-state index is 0.718. The van der Waals surface area contributed by atoms with E-state index in [1.165, 1.54) is 0 Å². The van der Waals surface area contributed by atoms with Gasteiger partial charge < -0.3 is 19.5 Å². The van der Waals surface area contributed by atoms with E-state index in [1.54, 1.807) is 6.26 Å². The minimum absolute atomic E-state index is 0.718. The topological polar surface area (TPSA) is 57.4 Å².